The minimum atomic E-state index is 0.288. The van der Waals surface area contributed by atoms with E-state index in [2.05, 4.69) is 37.2 Å². The van der Waals surface area contributed by atoms with Crippen molar-refractivity contribution < 1.29 is 4.79 Å². The molecule has 22 heavy (non-hydrogen) atoms. The van der Waals surface area contributed by atoms with Gasteiger partial charge in [-0.05, 0) is 24.5 Å². The second kappa shape index (κ2) is 7.53. The molecule has 4 nitrogen and oxygen atoms in total. The number of likely N-dealkylation sites (tertiary alicyclic amines) is 1. The standard InChI is InChI=1S/C17H29N3OS/c1-14-7-9-19(12-15(14)20-10-8-18-13-20)16(21)6-5-11-22-17(2,3)4/h8,10,13-15H,5-7,9,11-12H2,1-4H3/t14-,15+/m1/s1. The SMILES string of the molecule is C[C@@H]1CCN(C(=O)CCCSC(C)(C)C)C[C@@H]1n1ccnc1. The summed E-state index contributed by atoms with van der Waals surface area (Å²) < 4.78 is 2.44. The zero-order valence-corrected chi connectivity index (χ0v) is 15.1. The van der Waals surface area contributed by atoms with Crippen LogP contribution in [0.5, 0.6) is 0 Å². The van der Waals surface area contributed by atoms with Crippen molar-refractivity contribution in [2.45, 2.75) is 57.7 Å². The highest BCUT2D eigenvalue weighted by Crippen LogP contribution is 2.28. The van der Waals surface area contributed by atoms with Crippen LogP contribution in [0.1, 0.15) is 53.0 Å². The van der Waals surface area contributed by atoms with E-state index in [1.807, 2.05) is 35.4 Å². The summed E-state index contributed by atoms with van der Waals surface area (Å²) in [6, 6.07) is 0.365. The third kappa shape index (κ3) is 5.04. The molecule has 2 rings (SSSR count). The number of rotatable bonds is 5. The first-order chi connectivity index (χ1) is 10.4. The minimum absolute atomic E-state index is 0.288. The Morgan fingerprint density at radius 3 is 2.82 bits per heavy atom. The maximum Gasteiger partial charge on any atom is 0.222 e. The molecular weight excluding hydrogens is 294 g/mol. The van der Waals surface area contributed by atoms with Crippen LogP contribution < -0.4 is 0 Å². The van der Waals surface area contributed by atoms with Gasteiger partial charge in [-0.25, -0.2) is 4.98 Å². The van der Waals surface area contributed by atoms with E-state index in [1.165, 1.54) is 0 Å². The van der Waals surface area contributed by atoms with E-state index in [-0.39, 0.29) is 4.75 Å². The largest absolute Gasteiger partial charge is 0.341 e. The van der Waals surface area contributed by atoms with Gasteiger partial charge in [0.2, 0.25) is 5.91 Å². The van der Waals surface area contributed by atoms with Crippen molar-refractivity contribution in [2.24, 2.45) is 5.92 Å². The predicted molar refractivity (Wildman–Crippen MR) is 93.1 cm³/mol. The lowest BCUT2D eigenvalue weighted by molar-refractivity contribution is -0.133. The highest BCUT2D eigenvalue weighted by atomic mass is 32.2. The fourth-order valence-corrected chi connectivity index (χ4v) is 3.79. The molecule has 0 aliphatic carbocycles. The van der Waals surface area contributed by atoms with E-state index in [9.17, 15) is 4.79 Å². The number of nitrogens with zero attached hydrogens (tertiary/aromatic N) is 3. The first-order valence-electron chi connectivity index (χ1n) is 8.26. The number of aromatic nitrogens is 2. The van der Waals surface area contributed by atoms with Gasteiger partial charge < -0.3 is 9.47 Å². The molecule has 1 aromatic heterocycles. The summed E-state index contributed by atoms with van der Waals surface area (Å²) >= 11 is 1.94. The number of imidazole rings is 1. The number of carbonyl (C=O) groups excluding carboxylic acids is 1. The van der Waals surface area contributed by atoms with Crippen molar-refractivity contribution in [1.29, 1.82) is 0 Å². The molecule has 0 unspecified atom stereocenters. The molecule has 1 aliphatic heterocycles. The molecule has 1 aliphatic rings. The molecule has 1 amide bonds. The maximum atomic E-state index is 12.4. The van der Waals surface area contributed by atoms with Crippen LogP contribution in [0.2, 0.25) is 0 Å². The molecule has 1 saturated heterocycles. The number of amides is 1. The summed E-state index contributed by atoms with van der Waals surface area (Å²) in [5, 5.41) is 0. The number of piperidine rings is 1. The molecule has 5 heteroatoms. The number of carbonyl (C=O) groups is 1. The van der Waals surface area contributed by atoms with Crippen LogP contribution in [0.4, 0.5) is 0 Å². The van der Waals surface area contributed by atoms with Crippen LogP contribution in [0.15, 0.2) is 18.7 Å². The minimum Gasteiger partial charge on any atom is -0.341 e. The highest BCUT2D eigenvalue weighted by molar-refractivity contribution is 8.00. The Labute approximate surface area is 138 Å². The number of hydrogen-bond acceptors (Lipinski definition) is 3. The van der Waals surface area contributed by atoms with Crippen molar-refractivity contribution in [3.05, 3.63) is 18.7 Å². The fraction of sp³-hybridized carbons (Fsp3) is 0.765. The molecule has 2 atom stereocenters. The zero-order chi connectivity index (χ0) is 16.2. The van der Waals surface area contributed by atoms with Gasteiger partial charge in [0.15, 0.2) is 0 Å². The molecule has 1 fully saturated rings. The molecule has 0 spiro atoms. The third-order valence-corrected chi connectivity index (χ3v) is 5.61. The third-order valence-electron chi connectivity index (χ3n) is 4.25. The lowest BCUT2D eigenvalue weighted by atomic mass is 9.93. The lowest BCUT2D eigenvalue weighted by Gasteiger charge is -2.37. The van der Waals surface area contributed by atoms with Crippen LogP contribution in [-0.4, -0.2) is 43.9 Å². The van der Waals surface area contributed by atoms with Crippen molar-refractivity contribution >= 4 is 17.7 Å². The Bertz CT molecular complexity index is 467. The summed E-state index contributed by atoms with van der Waals surface area (Å²) in [6.45, 7) is 10.7. The van der Waals surface area contributed by atoms with Crippen LogP contribution in [0, 0.1) is 5.92 Å². The van der Waals surface area contributed by atoms with Crippen molar-refractivity contribution in [3.63, 3.8) is 0 Å². The monoisotopic (exact) mass is 323 g/mol. The highest BCUT2D eigenvalue weighted by Gasteiger charge is 2.29. The topological polar surface area (TPSA) is 38.1 Å². The Morgan fingerprint density at radius 1 is 1.41 bits per heavy atom. The molecular formula is C17H29N3OS. The van der Waals surface area contributed by atoms with Gasteiger partial charge in [0.25, 0.3) is 0 Å². The quantitative estimate of drug-likeness (QED) is 0.777. The van der Waals surface area contributed by atoms with Gasteiger partial charge in [-0.1, -0.05) is 27.7 Å². The van der Waals surface area contributed by atoms with E-state index < -0.39 is 0 Å². The molecule has 124 valence electrons. The van der Waals surface area contributed by atoms with E-state index in [4.69, 9.17) is 0 Å². The van der Waals surface area contributed by atoms with Gasteiger partial charge in [-0.15, -0.1) is 0 Å². The Hall–Kier alpha value is -0.970. The lowest BCUT2D eigenvalue weighted by Crippen LogP contribution is -2.43. The van der Waals surface area contributed by atoms with Gasteiger partial charge >= 0.3 is 0 Å². The van der Waals surface area contributed by atoms with E-state index in [0.29, 0.717) is 24.3 Å². The van der Waals surface area contributed by atoms with Gasteiger partial charge in [0.1, 0.15) is 0 Å². The van der Waals surface area contributed by atoms with Gasteiger partial charge in [-0.2, -0.15) is 11.8 Å². The maximum absolute atomic E-state index is 12.4. The fourth-order valence-electron chi connectivity index (χ4n) is 2.89. The summed E-state index contributed by atoms with van der Waals surface area (Å²) in [5.41, 5.74) is 0. The predicted octanol–water partition coefficient (Wildman–Crippen LogP) is 3.60. The summed E-state index contributed by atoms with van der Waals surface area (Å²) in [4.78, 5) is 18.6. The van der Waals surface area contributed by atoms with Crippen molar-refractivity contribution in [2.75, 3.05) is 18.8 Å². The second-order valence-corrected chi connectivity index (χ2v) is 9.17. The van der Waals surface area contributed by atoms with Crippen molar-refractivity contribution in [3.8, 4) is 0 Å². The van der Waals surface area contributed by atoms with Crippen LogP contribution in [0.3, 0.4) is 0 Å². The van der Waals surface area contributed by atoms with Gasteiger partial charge in [0, 0.05) is 36.7 Å². The molecule has 1 aromatic rings. The average Bonchev–Trinajstić information content (AvgIpc) is 2.97. The van der Waals surface area contributed by atoms with Gasteiger partial charge in [0.05, 0.1) is 12.4 Å². The number of hydrogen-bond donors (Lipinski definition) is 0. The first kappa shape index (κ1) is 17.4. The molecule has 0 radical (unpaired) electrons. The van der Waals surface area contributed by atoms with E-state index in [0.717, 1.165) is 31.7 Å². The normalized spacial score (nSPS) is 22.8. The zero-order valence-electron chi connectivity index (χ0n) is 14.3. The van der Waals surface area contributed by atoms with Crippen molar-refractivity contribution in [1.82, 2.24) is 14.5 Å². The molecule has 0 saturated carbocycles. The average molecular weight is 324 g/mol. The molecule has 0 N–H and O–H groups in total. The summed E-state index contributed by atoms with van der Waals surface area (Å²) in [5.74, 6) is 1.96. The van der Waals surface area contributed by atoms with E-state index >= 15 is 0 Å². The Balaban J connectivity index is 1.80. The van der Waals surface area contributed by atoms with Crippen LogP contribution in [0.25, 0.3) is 0 Å². The molecule has 0 bridgehead atoms. The second-order valence-electron chi connectivity index (χ2n) is 7.25. The smallest absolute Gasteiger partial charge is 0.222 e. The number of thioether (sulfide) groups is 1. The Morgan fingerprint density at radius 2 is 2.18 bits per heavy atom. The van der Waals surface area contributed by atoms with Gasteiger partial charge in [-0.3, -0.25) is 4.79 Å². The summed E-state index contributed by atoms with van der Waals surface area (Å²) in [6.07, 6.45) is 8.42. The van der Waals surface area contributed by atoms with Crippen LogP contribution in [-0.2, 0) is 4.79 Å². The summed E-state index contributed by atoms with van der Waals surface area (Å²) in [7, 11) is 0. The van der Waals surface area contributed by atoms with Crippen LogP contribution >= 0.6 is 11.8 Å². The van der Waals surface area contributed by atoms with E-state index in [1.54, 1.807) is 0 Å². The first-order valence-corrected chi connectivity index (χ1v) is 9.24. The molecule has 2 heterocycles. The Kier molecular flexibility index (Phi) is 5.95. The molecule has 0 aromatic carbocycles.